The van der Waals surface area contributed by atoms with Crippen molar-refractivity contribution >= 4 is 22.8 Å². The smallest absolute Gasteiger partial charge is 0.229 e. The first-order chi connectivity index (χ1) is 11.3. The van der Waals surface area contributed by atoms with Gasteiger partial charge in [0.2, 0.25) is 5.95 Å². The first-order valence-electron chi connectivity index (χ1n) is 8.68. The van der Waals surface area contributed by atoms with Crippen molar-refractivity contribution in [2.24, 2.45) is 7.05 Å². The zero-order valence-corrected chi connectivity index (χ0v) is 14.1. The van der Waals surface area contributed by atoms with E-state index in [0.29, 0.717) is 0 Å². The van der Waals surface area contributed by atoms with E-state index in [2.05, 4.69) is 26.7 Å². The molecule has 0 bridgehead atoms. The van der Waals surface area contributed by atoms with Gasteiger partial charge in [0.25, 0.3) is 0 Å². The van der Waals surface area contributed by atoms with Gasteiger partial charge in [0.15, 0.2) is 5.65 Å². The van der Waals surface area contributed by atoms with Crippen LogP contribution in [0, 0.1) is 0 Å². The predicted octanol–water partition coefficient (Wildman–Crippen LogP) is 1.11. The second-order valence-electron chi connectivity index (χ2n) is 6.47. The van der Waals surface area contributed by atoms with E-state index < -0.39 is 0 Å². The van der Waals surface area contributed by atoms with Gasteiger partial charge in [-0.15, -0.1) is 0 Å². The predicted molar refractivity (Wildman–Crippen MR) is 92.1 cm³/mol. The largest absolute Gasteiger partial charge is 0.356 e. The molecule has 2 saturated heterocycles. The number of likely N-dealkylation sites (N-methyl/N-ethyl adjacent to an activating group) is 1. The molecule has 2 aliphatic rings. The molecule has 0 atom stereocenters. The molecule has 4 heterocycles. The van der Waals surface area contributed by atoms with Gasteiger partial charge < -0.3 is 14.7 Å². The van der Waals surface area contributed by atoms with Gasteiger partial charge in [0.05, 0.1) is 11.6 Å². The lowest BCUT2D eigenvalue weighted by Crippen LogP contribution is -2.46. The van der Waals surface area contributed by atoms with Crippen LogP contribution in [0.1, 0.15) is 19.8 Å². The molecule has 0 unspecified atom stereocenters. The summed E-state index contributed by atoms with van der Waals surface area (Å²) in [6, 6.07) is 0. The molecule has 0 spiro atoms. The summed E-state index contributed by atoms with van der Waals surface area (Å²) < 4.78 is 1.86. The summed E-state index contributed by atoms with van der Waals surface area (Å²) >= 11 is 0. The van der Waals surface area contributed by atoms with Gasteiger partial charge in [-0.1, -0.05) is 6.92 Å². The zero-order valence-electron chi connectivity index (χ0n) is 14.1. The summed E-state index contributed by atoms with van der Waals surface area (Å²) in [5.74, 6) is 1.92. The molecule has 2 aliphatic heterocycles. The van der Waals surface area contributed by atoms with Crippen LogP contribution in [-0.2, 0) is 7.05 Å². The number of aromatic nitrogens is 4. The van der Waals surface area contributed by atoms with Crippen molar-refractivity contribution in [3.63, 3.8) is 0 Å². The van der Waals surface area contributed by atoms with Crippen LogP contribution in [0.15, 0.2) is 6.20 Å². The molecule has 7 nitrogen and oxygen atoms in total. The van der Waals surface area contributed by atoms with Gasteiger partial charge in [0.1, 0.15) is 5.82 Å². The molecule has 2 aromatic heterocycles. The highest BCUT2D eigenvalue weighted by atomic mass is 15.4. The van der Waals surface area contributed by atoms with Crippen LogP contribution in [0.2, 0.25) is 0 Å². The van der Waals surface area contributed by atoms with Crippen molar-refractivity contribution in [3.8, 4) is 0 Å². The monoisotopic (exact) mass is 315 g/mol. The standard InChI is InChI=1S/C16H25N7/c1-3-21-8-10-23(11-9-21)16-18-14-13(12-17-20(14)2)15(19-16)22-6-4-5-7-22/h12H,3-11H2,1-2H3. The van der Waals surface area contributed by atoms with E-state index in [4.69, 9.17) is 9.97 Å². The molecule has 0 aliphatic carbocycles. The zero-order chi connectivity index (χ0) is 15.8. The minimum Gasteiger partial charge on any atom is -0.356 e. The Bertz CT molecular complexity index is 681. The van der Waals surface area contributed by atoms with Gasteiger partial charge in [-0.3, -0.25) is 4.68 Å². The van der Waals surface area contributed by atoms with Crippen molar-refractivity contribution in [1.82, 2.24) is 24.6 Å². The van der Waals surface area contributed by atoms with Crippen molar-refractivity contribution < 1.29 is 0 Å². The minimum atomic E-state index is 0.860. The second-order valence-corrected chi connectivity index (χ2v) is 6.47. The van der Waals surface area contributed by atoms with Crippen LogP contribution < -0.4 is 9.80 Å². The highest BCUT2D eigenvalue weighted by Gasteiger charge is 2.23. The maximum atomic E-state index is 4.94. The lowest BCUT2D eigenvalue weighted by Gasteiger charge is -2.34. The fourth-order valence-electron chi connectivity index (χ4n) is 3.57. The highest BCUT2D eigenvalue weighted by Crippen LogP contribution is 2.29. The molecule has 0 N–H and O–H groups in total. The van der Waals surface area contributed by atoms with E-state index >= 15 is 0 Å². The first kappa shape index (κ1) is 14.7. The summed E-state index contributed by atoms with van der Waals surface area (Å²) in [7, 11) is 1.96. The summed E-state index contributed by atoms with van der Waals surface area (Å²) in [6.07, 6.45) is 4.40. The fraction of sp³-hybridized carbons (Fsp3) is 0.688. The summed E-state index contributed by atoms with van der Waals surface area (Å²) in [4.78, 5) is 16.9. The number of aryl methyl sites for hydroxylation is 1. The summed E-state index contributed by atoms with van der Waals surface area (Å²) in [5, 5.41) is 5.47. The summed E-state index contributed by atoms with van der Waals surface area (Å²) in [5.41, 5.74) is 0.940. The molecule has 0 aromatic carbocycles. The molecule has 2 aromatic rings. The Labute approximate surface area is 136 Å². The molecule has 23 heavy (non-hydrogen) atoms. The number of piperazine rings is 1. The van der Waals surface area contributed by atoms with Crippen molar-refractivity contribution in [3.05, 3.63) is 6.20 Å². The molecule has 0 saturated carbocycles. The SMILES string of the molecule is CCN1CCN(c2nc(N3CCCC3)c3cnn(C)c3n2)CC1. The molecular formula is C16H25N7. The normalized spacial score (nSPS) is 19.9. The van der Waals surface area contributed by atoms with E-state index in [0.717, 1.165) is 68.6 Å². The third-order valence-corrected chi connectivity index (χ3v) is 5.07. The maximum absolute atomic E-state index is 4.94. The number of fused-ring (bicyclic) bond motifs is 1. The second kappa shape index (κ2) is 5.96. The third-order valence-electron chi connectivity index (χ3n) is 5.07. The maximum Gasteiger partial charge on any atom is 0.229 e. The van der Waals surface area contributed by atoms with E-state index in [-0.39, 0.29) is 0 Å². The topological polar surface area (TPSA) is 53.3 Å². The van der Waals surface area contributed by atoms with Crippen LogP contribution in [0.5, 0.6) is 0 Å². The lowest BCUT2D eigenvalue weighted by molar-refractivity contribution is 0.270. The van der Waals surface area contributed by atoms with Crippen LogP contribution >= 0.6 is 0 Å². The van der Waals surface area contributed by atoms with Gasteiger partial charge in [-0.05, 0) is 19.4 Å². The number of hydrogen-bond acceptors (Lipinski definition) is 6. The van der Waals surface area contributed by atoms with Crippen molar-refractivity contribution in [1.29, 1.82) is 0 Å². The van der Waals surface area contributed by atoms with E-state index in [1.807, 2.05) is 17.9 Å². The number of nitrogens with zero attached hydrogens (tertiary/aromatic N) is 7. The number of anilines is 2. The highest BCUT2D eigenvalue weighted by molar-refractivity contribution is 5.88. The van der Waals surface area contributed by atoms with Crippen molar-refractivity contribution in [2.75, 3.05) is 55.6 Å². The minimum absolute atomic E-state index is 0.860. The Morgan fingerprint density at radius 3 is 2.39 bits per heavy atom. The molecule has 0 amide bonds. The van der Waals surface area contributed by atoms with Crippen LogP contribution in [0.25, 0.3) is 11.0 Å². The fourth-order valence-corrected chi connectivity index (χ4v) is 3.57. The molecule has 7 heteroatoms. The van der Waals surface area contributed by atoms with Gasteiger partial charge in [0, 0.05) is 46.3 Å². The van der Waals surface area contributed by atoms with Gasteiger partial charge in [-0.25, -0.2) is 0 Å². The molecule has 0 radical (unpaired) electrons. The average Bonchev–Trinajstić information content (AvgIpc) is 3.25. The number of rotatable bonds is 3. The Morgan fingerprint density at radius 1 is 0.957 bits per heavy atom. The Balaban J connectivity index is 1.71. The van der Waals surface area contributed by atoms with Crippen LogP contribution in [0.4, 0.5) is 11.8 Å². The summed E-state index contributed by atoms with van der Waals surface area (Å²) in [6.45, 7) is 9.68. The molecular weight excluding hydrogens is 290 g/mol. The Morgan fingerprint density at radius 2 is 1.70 bits per heavy atom. The van der Waals surface area contributed by atoms with Gasteiger partial charge >= 0.3 is 0 Å². The lowest BCUT2D eigenvalue weighted by atomic mass is 10.3. The van der Waals surface area contributed by atoms with Gasteiger partial charge in [-0.2, -0.15) is 15.1 Å². The molecule has 124 valence electrons. The Hall–Kier alpha value is -1.89. The van der Waals surface area contributed by atoms with E-state index in [9.17, 15) is 0 Å². The van der Waals surface area contributed by atoms with E-state index in [1.165, 1.54) is 12.8 Å². The molecule has 4 rings (SSSR count). The van der Waals surface area contributed by atoms with E-state index in [1.54, 1.807) is 0 Å². The quantitative estimate of drug-likeness (QED) is 0.846. The average molecular weight is 315 g/mol. The molecule has 2 fully saturated rings. The van der Waals surface area contributed by atoms with Crippen molar-refractivity contribution in [2.45, 2.75) is 19.8 Å². The third kappa shape index (κ3) is 2.63. The van der Waals surface area contributed by atoms with Crippen LogP contribution in [-0.4, -0.2) is 70.5 Å². The Kier molecular flexibility index (Phi) is 3.80. The number of hydrogen-bond donors (Lipinski definition) is 0. The van der Waals surface area contributed by atoms with Crippen LogP contribution in [0.3, 0.4) is 0 Å². The first-order valence-corrected chi connectivity index (χ1v) is 8.68.